The molecule has 0 aliphatic carbocycles. The Morgan fingerprint density at radius 3 is 1.90 bits per heavy atom. The van der Waals surface area contributed by atoms with Gasteiger partial charge in [-0.25, -0.2) is 0 Å². The third-order valence-electron chi connectivity index (χ3n) is 3.01. The van der Waals surface area contributed by atoms with Crippen molar-refractivity contribution in [2.45, 2.75) is 71.1 Å². The number of ether oxygens (including phenoxy) is 1. The normalized spacial score (nSPS) is 11.0. The van der Waals surface area contributed by atoms with Gasteiger partial charge in [-0.3, -0.25) is 9.35 Å². The molecule has 0 aromatic carbocycles. The van der Waals surface area contributed by atoms with Crippen LogP contribution in [0.25, 0.3) is 0 Å². The van der Waals surface area contributed by atoms with E-state index in [1.165, 1.54) is 0 Å². The first-order valence-corrected chi connectivity index (χ1v) is 9.17. The second kappa shape index (κ2) is 15.9. The van der Waals surface area contributed by atoms with Crippen LogP contribution >= 0.6 is 0 Å². The van der Waals surface area contributed by atoms with Crippen molar-refractivity contribution in [3.8, 4) is 0 Å². The van der Waals surface area contributed by atoms with Crippen LogP contribution in [0, 0.1) is 0 Å². The molecule has 0 amide bonds. The first-order chi connectivity index (χ1) is 9.45. The summed E-state index contributed by atoms with van der Waals surface area (Å²) in [5.41, 5.74) is 0. The number of rotatable bonds is 13. The van der Waals surface area contributed by atoms with Crippen molar-refractivity contribution in [2.24, 2.45) is 0 Å². The van der Waals surface area contributed by atoms with Gasteiger partial charge in [0.05, 0.1) is 12.4 Å². The molecular weight excluding hydrogens is 319 g/mol. The van der Waals surface area contributed by atoms with Crippen molar-refractivity contribution < 1.29 is 22.5 Å². The number of hydrogen-bond acceptors (Lipinski definition) is 4. The molecule has 0 aromatic heterocycles. The molecule has 7 heteroatoms. The van der Waals surface area contributed by atoms with Crippen LogP contribution < -0.4 is 0 Å². The van der Waals surface area contributed by atoms with E-state index in [0.717, 1.165) is 51.4 Å². The maximum atomic E-state index is 11.1. The van der Waals surface area contributed by atoms with Gasteiger partial charge in [0.25, 0.3) is 10.1 Å². The first kappa shape index (κ1) is 24.3. The minimum absolute atomic E-state index is 0. The number of esters is 1. The van der Waals surface area contributed by atoms with Gasteiger partial charge in [-0.05, 0) is 19.3 Å². The minimum atomic E-state index is -3.78. The van der Waals surface area contributed by atoms with Gasteiger partial charge in [-0.15, -0.1) is 0 Å². The summed E-state index contributed by atoms with van der Waals surface area (Å²) in [7, 11) is -3.78. The molecule has 0 aliphatic rings. The number of carbonyl (C=O) groups excluding carboxylic acids is 1. The molecule has 1 radical (unpaired) electrons. The van der Waals surface area contributed by atoms with Gasteiger partial charge < -0.3 is 4.74 Å². The summed E-state index contributed by atoms with van der Waals surface area (Å²) in [4.78, 5) is 11.1. The predicted octanol–water partition coefficient (Wildman–Crippen LogP) is 2.96. The molecule has 1 N–H and O–H groups in total. The Morgan fingerprint density at radius 2 is 1.43 bits per heavy atom. The molecule has 21 heavy (non-hydrogen) atoms. The van der Waals surface area contributed by atoms with E-state index < -0.39 is 10.1 Å². The van der Waals surface area contributed by atoms with Crippen molar-refractivity contribution in [1.29, 1.82) is 0 Å². The van der Waals surface area contributed by atoms with E-state index in [9.17, 15) is 13.2 Å². The summed E-state index contributed by atoms with van der Waals surface area (Å²) < 4.78 is 34.6. The molecule has 0 spiro atoms. The van der Waals surface area contributed by atoms with Gasteiger partial charge in [0.2, 0.25) is 0 Å². The molecule has 0 heterocycles. The van der Waals surface area contributed by atoms with Crippen LogP contribution in [0.15, 0.2) is 0 Å². The Labute approximate surface area is 171 Å². The monoisotopic (exact) mass is 347 g/mol. The van der Waals surface area contributed by atoms with Gasteiger partial charge in [-0.2, -0.15) is 8.42 Å². The molecule has 0 saturated carbocycles. The summed E-state index contributed by atoms with van der Waals surface area (Å²) in [5.74, 6) is -0.234. The van der Waals surface area contributed by atoms with Gasteiger partial charge in [0.1, 0.15) is 0 Å². The number of hydrogen-bond donors (Lipinski definition) is 1. The van der Waals surface area contributed by atoms with Gasteiger partial charge in [0.15, 0.2) is 0 Å². The van der Waals surface area contributed by atoms with Crippen LogP contribution in [0.3, 0.4) is 0 Å². The fourth-order valence-electron chi connectivity index (χ4n) is 1.91. The molecule has 0 unspecified atom stereocenters. The zero-order valence-corrected chi connectivity index (χ0v) is 17.4. The minimum Gasteiger partial charge on any atom is -0.466 e. The predicted molar refractivity (Wildman–Crippen MR) is 85.0 cm³/mol. The standard InChI is InChI=1S/C14H28O5S.K/c1-2-11-14(15)19-12-9-7-5-3-4-6-8-10-13-20(16,17)18;/h2-13H2,1H3,(H,16,17,18);. The Morgan fingerprint density at radius 1 is 0.952 bits per heavy atom. The summed E-state index contributed by atoms with van der Waals surface area (Å²) in [6, 6.07) is 0. The average Bonchev–Trinajstić information content (AvgIpc) is 2.35. The molecule has 0 aliphatic heterocycles. The Bertz CT molecular complexity index is 343. The van der Waals surface area contributed by atoms with Crippen molar-refractivity contribution in [2.75, 3.05) is 12.4 Å². The summed E-state index contributed by atoms with van der Waals surface area (Å²) in [5, 5.41) is 0. The zero-order valence-electron chi connectivity index (χ0n) is 13.5. The summed E-state index contributed by atoms with van der Waals surface area (Å²) in [6.07, 6.45) is 9.00. The molecule has 0 aromatic rings. The van der Waals surface area contributed by atoms with E-state index in [1.54, 1.807) is 0 Å². The van der Waals surface area contributed by atoms with Crippen LogP contribution in [0.1, 0.15) is 71.1 Å². The van der Waals surface area contributed by atoms with Gasteiger partial charge in [-0.1, -0.05) is 45.4 Å². The second-order valence-corrected chi connectivity index (χ2v) is 6.66. The Balaban J connectivity index is 0. The third kappa shape index (κ3) is 21.0. The van der Waals surface area contributed by atoms with Crippen molar-refractivity contribution in [3.63, 3.8) is 0 Å². The topological polar surface area (TPSA) is 80.7 Å². The molecule has 0 rings (SSSR count). The quantitative estimate of drug-likeness (QED) is 0.240. The van der Waals surface area contributed by atoms with Crippen molar-refractivity contribution in [1.82, 2.24) is 0 Å². The molecule has 5 nitrogen and oxygen atoms in total. The largest absolute Gasteiger partial charge is 0.466 e. The van der Waals surface area contributed by atoms with Gasteiger partial charge in [0, 0.05) is 57.8 Å². The molecule has 0 saturated heterocycles. The fraction of sp³-hybridized carbons (Fsp3) is 0.929. The van der Waals surface area contributed by atoms with Crippen molar-refractivity contribution in [3.05, 3.63) is 0 Å². The van der Waals surface area contributed by atoms with Crippen LogP contribution in [0.4, 0.5) is 0 Å². The van der Waals surface area contributed by atoms with E-state index in [1.807, 2.05) is 6.92 Å². The van der Waals surface area contributed by atoms with E-state index in [-0.39, 0.29) is 63.1 Å². The summed E-state index contributed by atoms with van der Waals surface area (Å²) in [6.45, 7) is 2.48. The molecular formula is C14H28KO5S. The van der Waals surface area contributed by atoms with Crippen molar-refractivity contribution >= 4 is 67.5 Å². The smallest absolute Gasteiger partial charge is 0.305 e. The maximum absolute atomic E-state index is 11.1. The molecule has 0 atom stereocenters. The molecule has 0 bridgehead atoms. The molecule has 121 valence electrons. The first-order valence-electron chi connectivity index (χ1n) is 7.56. The fourth-order valence-corrected chi connectivity index (χ4v) is 2.48. The average molecular weight is 348 g/mol. The Hall–Kier alpha value is 1.02. The van der Waals surface area contributed by atoms with E-state index >= 15 is 0 Å². The maximum Gasteiger partial charge on any atom is 0.305 e. The van der Waals surface area contributed by atoms with Crippen LogP contribution in [-0.2, 0) is 19.6 Å². The van der Waals surface area contributed by atoms with Crippen LogP contribution in [0.2, 0.25) is 0 Å². The van der Waals surface area contributed by atoms with Crippen LogP contribution in [-0.4, -0.2) is 82.7 Å². The second-order valence-electron chi connectivity index (χ2n) is 5.08. The molecule has 0 fully saturated rings. The SMILES string of the molecule is CCCC(=O)OCCCCCCCCCCS(=O)(=O)O.[K]. The summed E-state index contributed by atoms with van der Waals surface area (Å²) >= 11 is 0. The Kier molecular flexibility index (Phi) is 18.4. The van der Waals surface area contributed by atoms with E-state index in [2.05, 4.69) is 0 Å². The van der Waals surface area contributed by atoms with E-state index in [4.69, 9.17) is 9.29 Å². The van der Waals surface area contributed by atoms with Gasteiger partial charge >= 0.3 is 5.97 Å². The van der Waals surface area contributed by atoms with E-state index in [0.29, 0.717) is 19.4 Å². The zero-order chi connectivity index (χ0) is 15.3. The van der Waals surface area contributed by atoms with Crippen LogP contribution in [0.5, 0.6) is 0 Å². The third-order valence-corrected chi connectivity index (χ3v) is 3.82. The number of carbonyl (C=O) groups is 1. The number of unbranched alkanes of at least 4 members (excludes halogenated alkanes) is 7.